The quantitative estimate of drug-likeness (QED) is 0.531. The molecule has 7 rings (SSSR count). The molecule has 11 heteroatoms. The summed E-state index contributed by atoms with van der Waals surface area (Å²) in [4.78, 5) is 20.2. The normalized spacial score (nSPS) is 25.9. The lowest BCUT2D eigenvalue weighted by atomic mass is 9.93. The van der Waals surface area contributed by atoms with E-state index < -0.39 is 15.6 Å². The van der Waals surface area contributed by atoms with Crippen molar-refractivity contribution in [2.24, 2.45) is 11.8 Å². The third-order valence-corrected chi connectivity index (χ3v) is 11.1. The topological polar surface area (TPSA) is 103 Å². The van der Waals surface area contributed by atoms with Gasteiger partial charge in [0.1, 0.15) is 13.2 Å². The van der Waals surface area contributed by atoms with E-state index in [1.54, 1.807) is 24.0 Å². The Kier molecular flexibility index (Phi) is 6.35. The lowest BCUT2D eigenvalue weighted by Gasteiger charge is -2.31. The van der Waals surface area contributed by atoms with E-state index in [0.29, 0.717) is 55.2 Å². The van der Waals surface area contributed by atoms with Gasteiger partial charge in [-0.1, -0.05) is 12.1 Å². The summed E-state index contributed by atoms with van der Waals surface area (Å²) in [6.07, 6.45) is 0. The van der Waals surface area contributed by atoms with Gasteiger partial charge in [0.25, 0.3) is 5.91 Å². The molecule has 2 saturated heterocycles. The number of rotatable bonds is 5. The second-order valence-electron chi connectivity index (χ2n) is 12.2. The summed E-state index contributed by atoms with van der Waals surface area (Å²) in [6, 6.07) is 12.4. The Morgan fingerprint density at radius 3 is 2.24 bits per heavy atom. The van der Waals surface area contributed by atoms with Crippen molar-refractivity contribution in [3.8, 4) is 11.5 Å². The van der Waals surface area contributed by atoms with Crippen molar-refractivity contribution in [2.45, 2.75) is 17.4 Å². The lowest BCUT2D eigenvalue weighted by molar-refractivity contribution is -0.149. The van der Waals surface area contributed by atoms with Crippen molar-refractivity contribution < 1.29 is 27.8 Å². The summed E-state index contributed by atoms with van der Waals surface area (Å²) < 4.78 is 39.3. The number of fused-ring (bicyclic) bond motifs is 2. The van der Waals surface area contributed by atoms with Crippen LogP contribution in [0.4, 0.5) is 5.69 Å². The number of likely N-dealkylation sites (tertiary alicyclic amines) is 1. The summed E-state index contributed by atoms with van der Waals surface area (Å²) in [7, 11) is -1.58. The zero-order valence-electron chi connectivity index (χ0n) is 23.5. The number of carbonyl (C=O) groups is 1. The highest BCUT2D eigenvalue weighted by molar-refractivity contribution is 7.89. The van der Waals surface area contributed by atoms with Crippen LogP contribution in [0.2, 0.25) is 0 Å². The number of aliphatic hydroxyl groups is 1. The van der Waals surface area contributed by atoms with Gasteiger partial charge in [0.05, 0.1) is 4.90 Å². The molecule has 2 aromatic carbocycles. The van der Waals surface area contributed by atoms with Crippen LogP contribution in [0.25, 0.3) is 0 Å². The molecule has 0 aliphatic carbocycles. The molecule has 10 nitrogen and oxygen atoms in total. The Morgan fingerprint density at radius 2 is 1.56 bits per heavy atom. The fourth-order valence-corrected chi connectivity index (χ4v) is 8.51. The molecule has 41 heavy (non-hydrogen) atoms. The molecule has 0 aromatic heterocycles. The van der Waals surface area contributed by atoms with Gasteiger partial charge < -0.3 is 29.3 Å². The minimum Gasteiger partial charge on any atom is -0.486 e. The third kappa shape index (κ3) is 4.59. The molecule has 1 N–H and O–H groups in total. The maximum atomic E-state index is 13.6. The smallest absolute Gasteiger partial charge is 0.259 e. The molecule has 5 aliphatic rings. The number of carbonyl (C=O) groups excluding carboxylic acids is 1. The molecule has 5 heterocycles. The minimum absolute atomic E-state index is 0.160. The second-order valence-corrected chi connectivity index (χ2v) is 14.2. The van der Waals surface area contributed by atoms with Gasteiger partial charge in [0, 0.05) is 64.1 Å². The fraction of sp³-hybridized carbons (Fsp3) is 0.500. The zero-order chi connectivity index (χ0) is 28.5. The number of sulfonamides is 1. The van der Waals surface area contributed by atoms with Gasteiger partial charge in [-0.15, -0.1) is 0 Å². The van der Waals surface area contributed by atoms with Gasteiger partial charge in [-0.3, -0.25) is 4.79 Å². The van der Waals surface area contributed by atoms with Gasteiger partial charge in [-0.05, 0) is 66.8 Å². The van der Waals surface area contributed by atoms with Crippen molar-refractivity contribution in [1.29, 1.82) is 0 Å². The van der Waals surface area contributed by atoms with Crippen LogP contribution in [-0.4, -0.2) is 106 Å². The van der Waals surface area contributed by atoms with E-state index >= 15 is 0 Å². The molecule has 0 saturated carbocycles. The van der Waals surface area contributed by atoms with Gasteiger partial charge in [-0.25, -0.2) is 8.42 Å². The van der Waals surface area contributed by atoms with Crippen LogP contribution < -0.4 is 14.4 Å². The standard InChI is InChI=1S/C30H36N4O6S/c1-30(36,24-4-3-5-25(10-24)32-14-20-12-31(2)13-21(20)15-32)29(35)33-16-22-18-34(19-23(22)17-33)41(37,38)26-6-7-27-28(11-26)40-9-8-39-27/h3-7,10-11,20-21,36H,8-9,12-19H2,1-2H3/t20?,21?,30-/m1/s1. The number of benzene rings is 2. The van der Waals surface area contributed by atoms with Crippen LogP contribution in [0.3, 0.4) is 0 Å². The molecule has 5 aliphatic heterocycles. The molecule has 2 aromatic rings. The van der Waals surface area contributed by atoms with Crippen molar-refractivity contribution in [1.82, 2.24) is 14.1 Å². The van der Waals surface area contributed by atoms with Crippen LogP contribution in [0.5, 0.6) is 11.5 Å². The second kappa shape index (κ2) is 9.72. The molecule has 0 radical (unpaired) electrons. The summed E-state index contributed by atoms with van der Waals surface area (Å²) in [5, 5.41) is 11.5. The molecule has 1 amide bonds. The average Bonchev–Trinajstić information content (AvgIpc) is 3.72. The molecule has 2 unspecified atom stereocenters. The number of hydrogen-bond acceptors (Lipinski definition) is 8. The molecule has 3 atom stereocenters. The summed E-state index contributed by atoms with van der Waals surface area (Å²) in [6.45, 7) is 7.63. The molecule has 0 spiro atoms. The third-order valence-electron chi connectivity index (χ3n) is 9.30. The Balaban J connectivity index is 1.01. The highest BCUT2D eigenvalue weighted by atomic mass is 32.2. The predicted molar refractivity (Wildman–Crippen MR) is 152 cm³/mol. The molecule has 2 fully saturated rings. The van der Waals surface area contributed by atoms with E-state index in [1.165, 1.54) is 10.4 Å². The van der Waals surface area contributed by atoms with Crippen molar-refractivity contribution in [3.05, 3.63) is 59.2 Å². The van der Waals surface area contributed by atoms with Crippen LogP contribution in [0.1, 0.15) is 12.5 Å². The van der Waals surface area contributed by atoms with Gasteiger partial charge in [0.15, 0.2) is 17.1 Å². The number of ether oxygens (including phenoxy) is 2. The Labute approximate surface area is 240 Å². The van der Waals surface area contributed by atoms with Crippen molar-refractivity contribution in [2.75, 3.05) is 77.5 Å². The van der Waals surface area contributed by atoms with E-state index in [9.17, 15) is 18.3 Å². The molecule has 218 valence electrons. The average molecular weight is 581 g/mol. The maximum absolute atomic E-state index is 13.6. The van der Waals surface area contributed by atoms with Crippen LogP contribution in [0, 0.1) is 11.8 Å². The summed E-state index contributed by atoms with van der Waals surface area (Å²) in [5.41, 5.74) is 1.75. The van der Waals surface area contributed by atoms with Crippen molar-refractivity contribution in [3.63, 3.8) is 0 Å². The summed E-state index contributed by atoms with van der Waals surface area (Å²) >= 11 is 0. The van der Waals surface area contributed by atoms with E-state index in [1.807, 2.05) is 18.2 Å². The Hall–Kier alpha value is -3.12. The highest BCUT2D eigenvalue weighted by Gasteiger charge is 2.44. The SMILES string of the molecule is CN1CC2CN(c3cccc([C@@](C)(O)C(=O)N4CC5=C(C4)CN(S(=O)(=O)c4ccc6c(c4)OCCO6)C5)c3)CC2C1. The van der Waals surface area contributed by atoms with Gasteiger partial charge >= 0.3 is 0 Å². The predicted octanol–water partition coefficient (Wildman–Crippen LogP) is 1.51. The zero-order valence-corrected chi connectivity index (χ0v) is 24.3. The van der Waals surface area contributed by atoms with Crippen LogP contribution in [0.15, 0.2) is 58.5 Å². The van der Waals surface area contributed by atoms with Crippen LogP contribution in [-0.2, 0) is 20.4 Å². The van der Waals surface area contributed by atoms with Gasteiger partial charge in [-0.2, -0.15) is 4.31 Å². The van der Waals surface area contributed by atoms with Gasteiger partial charge in [0.2, 0.25) is 10.0 Å². The number of hydrogen-bond donors (Lipinski definition) is 1. The lowest BCUT2D eigenvalue weighted by Crippen LogP contribution is -2.46. The maximum Gasteiger partial charge on any atom is 0.259 e. The highest BCUT2D eigenvalue weighted by Crippen LogP contribution is 2.38. The van der Waals surface area contributed by atoms with Crippen LogP contribution >= 0.6 is 0 Å². The van der Waals surface area contributed by atoms with E-state index in [2.05, 4.69) is 22.9 Å². The first-order valence-corrected chi connectivity index (χ1v) is 15.7. The number of nitrogens with zero attached hydrogens (tertiary/aromatic N) is 4. The number of amides is 1. The first kappa shape index (κ1) is 26.8. The number of anilines is 1. The first-order chi connectivity index (χ1) is 19.6. The van der Waals surface area contributed by atoms with E-state index in [4.69, 9.17) is 9.47 Å². The van der Waals surface area contributed by atoms with E-state index in [0.717, 1.165) is 43.0 Å². The Morgan fingerprint density at radius 1 is 0.902 bits per heavy atom. The fourth-order valence-electron chi connectivity index (χ4n) is 7.07. The molecule has 0 bridgehead atoms. The van der Waals surface area contributed by atoms with Crippen molar-refractivity contribution >= 4 is 21.6 Å². The van der Waals surface area contributed by atoms with E-state index in [-0.39, 0.29) is 23.9 Å². The monoisotopic (exact) mass is 580 g/mol. The summed E-state index contributed by atoms with van der Waals surface area (Å²) in [5.74, 6) is 1.91. The molecular formula is C30H36N4O6S. The molecular weight excluding hydrogens is 544 g/mol. The minimum atomic E-state index is -3.75. The largest absolute Gasteiger partial charge is 0.486 e. The first-order valence-electron chi connectivity index (χ1n) is 14.2. The Bertz CT molecular complexity index is 1510.